The molecule has 1 aromatic carbocycles. The molecule has 1 aromatic rings. The van der Waals surface area contributed by atoms with Crippen LogP contribution in [0.3, 0.4) is 0 Å². The molecule has 5 heteroatoms. The van der Waals surface area contributed by atoms with Gasteiger partial charge in [0.15, 0.2) is 0 Å². The zero-order valence-corrected chi connectivity index (χ0v) is 14.1. The van der Waals surface area contributed by atoms with E-state index in [4.69, 9.17) is 9.47 Å². The molecule has 0 aliphatic carbocycles. The Bertz CT molecular complexity index is 530. The maximum atomic E-state index is 12.8. The second-order valence-electron chi connectivity index (χ2n) is 6.78. The lowest BCUT2D eigenvalue weighted by Gasteiger charge is -2.30. The Labute approximate surface area is 137 Å². The molecule has 1 aliphatic rings. The van der Waals surface area contributed by atoms with Crippen molar-refractivity contribution in [1.29, 1.82) is 0 Å². The van der Waals surface area contributed by atoms with Crippen molar-refractivity contribution in [3.05, 3.63) is 35.9 Å². The summed E-state index contributed by atoms with van der Waals surface area (Å²) in [6.07, 6.45) is 0.706. The zero-order chi connectivity index (χ0) is 16.9. The fourth-order valence-electron chi connectivity index (χ4n) is 2.48. The molecule has 0 bridgehead atoms. The van der Waals surface area contributed by atoms with Crippen LogP contribution in [0.15, 0.2) is 30.3 Å². The minimum absolute atomic E-state index is 0.175. The second kappa shape index (κ2) is 7.59. The monoisotopic (exact) mass is 319 g/mol. The van der Waals surface area contributed by atoms with Crippen LogP contribution in [-0.2, 0) is 20.8 Å². The number of hydrogen-bond donors (Lipinski definition) is 0. The Morgan fingerprint density at radius 1 is 1.17 bits per heavy atom. The Kier molecular flexibility index (Phi) is 5.77. The summed E-state index contributed by atoms with van der Waals surface area (Å²) in [6.45, 7) is 6.74. The van der Waals surface area contributed by atoms with Gasteiger partial charge in [0.2, 0.25) is 5.91 Å². The molecule has 2 rings (SSSR count). The summed E-state index contributed by atoms with van der Waals surface area (Å²) in [5.41, 5.74) is 0.265. The van der Waals surface area contributed by atoms with Gasteiger partial charge in [0.05, 0.1) is 6.54 Å². The average Bonchev–Trinajstić information content (AvgIpc) is 2.52. The maximum absolute atomic E-state index is 12.8. The van der Waals surface area contributed by atoms with Gasteiger partial charge in [-0.1, -0.05) is 30.3 Å². The molecule has 1 aliphatic heterocycles. The number of imide groups is 1. The largest absolute Gasteiger partial charge is 0.443 e. The number of carbonyl (C=O) groups is 2. The van der Waals surface area contributed by atoms with Gasteiger partial charge < -0.3 is 9.47 Å². The van der Waals surface area contributed by atoms with Crippen LogP contribution in [0.2, 0.25) is 0 Å². The van der Waals surface area contributed by atoms with Crippen LogP contribution in [0.5, 0.6) is 0 Å². The number of amides is 2. The van der Waals surface area contributed by atoms with Crippen molar-refractivity contribution in [1.82, 2.24) is 4.90 Å². The molecular formula is C18H25NO4. The third-order valence-corrected chi connectivity index (χ3v) is 3.63. The van der Waals surface area contributed by atoms with Gasteiger partial charge in [0, 0.05) is 19.1 Å². The highest BCUT2D eigenvalue weighted by atomic mass is 16.6. The Hall–Kier alpha value is -1.88. The third-order valence-electron chi connectivity index (χ3n) is 3.63. The van der Waals surface area contributed by atoms with E-state index in [2.05, 4.69) is 0 Å². The standard InChI is InChI=1S/C18H25NO4/c1-18(2,3)23-17(21)19(13-14-7-5-4-6-8-14)16(20)15-9-11-22-12-10-15/h4-8,15H,9-13H2,1-3H3. The summed E-state index contributed by atoms with van der Waals surface area (Å²) in [5.74, 6) is -0.355. The van der Waals surface area contributed by atoms with Gasteiger partial charge in [0.1, 0.15) is 5.60 Å². The molecule has 0 saturated carbocycles. The quantitative estimate of drug-likeness (QED) is 0.857. The number of hydrogen-bond acceptors (Lipinski definition) is 4. The smallest absolute Gasteiger partial charge is 0.417 e. The molecular weight excluding hydrogens is 294 g/mol. The van der Waals surface area contributed by atoms with Crippen molar-refractivity contribution < 1.29 is 19.1 Å². The lowest BCUT2D eigenvalue weighted by atomic mass is 9.98. The van der Waals surface area contributed by atoms with E-state index in [-0.39, 0.29) is 18.4 Å². The normalized spacial score (nSPS) is 16.0. The first-order chi connectivity index (χ1) is 10.9. The van der Waals surface area contributed by atoms with Gasteiger partial charge in [-0.15, -0.1) is 0 Å². The first kappa shape index (κ1) is 17.5. The zero-order valence-electron chi connectivity index (χ0n) is 14.1. The summed E-state index contributed by atoms with van der Waals surface area (Å²) in [6, 6.07) is 9.48. The van der Waals surface area contributed by atoms with Crippen LogP contribution in [-0.4, -0.2) is 35.7 Å². The lowest BCUT2D eigenvalue weighted by molar-refractivity contribution is -0.138. The van der Waals surface area contributed by atoms with E-state index in [1.807, 2.05) is 30.3 Å². The van der Waals surface area contributed by atoms with Crippen molar-refractivity contribution in [3.63, 3.8) is 0 Å². The van der Waals surface area contributed by atoms with Crippen molar-refractivity contribution in [2.24, 2.45) is 5.92 Å². The SMILES string of the molecule is CC(C)(C)OC(=O)N(Cc1ccccc1)C(=O)C1CCOCC1. The van der Waals surface area contributed by atoms with E-state index in [1.165, 1.54) is 4.90 Å². The molecule has 1 heterocycles. The van der Waals surface area contributed by atoms with Crippen molar-refractivity contribution in [3.8, 4) is 0 Å². The van der Waals surface area contributed by atoms with E-state index in [9.17, 15) is 9.59 Å². The minimum atomic E-state index is -0.637. The first-order valence-corrected chi connectivity index (χ1v) is 8.03. The molecule has 5 nitrogen and oxygen atoms in total. The van der Waals surface area contributed by atoms with E-state index in [1.54, 1.807) is 20.8 Å². The van der Waals surface area contributed by atoms with Gasteiger partial charge in [-0.05, 0) is 39.2 Å². The fraction of sp³-hybridized carbons (Fsp3) is 0.556. The van der Waals surface area contributed by atoms with Gasteiger partial charge in [-0.25, -0.2) is 9.69 Å². The van der Waals surface area contributed by atoms with Crippen LogP contribution >= 0.6 is 0 Å². The molecule has 23 heavy (non-hydrogen) atoms. The summed E-state index contributed by atoms with van der Waals surface area (Å²) in [5, 5.41) is 0. The molecule has 0 unspecified atom stereocenters. The second-order valence-corrected chi connectivity index (χ2v) is 6.78. The molecule has 0 N–H and O–H groups in total. The van der Waals surface area contributed by atoms with Crippen LogP contribution < -0.4 is 0 Å². The van der Waals surface area contributed by atoms with Crippen LogP contribution in [0, 0.1) is 5.92 Å². The Morgan fingerprint density at radius 3 is 2.35 bits per heavy atom. The summed E-state index contributed by atoms with van der Waals surface area (Å²) >= 11 is 0. The van der Waals surface area contributed by atoms with Gasteiger partial charge >= 0.3 is 6.09 Å². The van der Waals surface area contributed by atoms with Crippen molar-refractivity contribution >= 4 is 12.0 Å². The van der Waals surface area contributed by atoms with E-state index < -0.39 is 11.7 Å². The van der Waals surface area contributed by atoms with Crippen molar-refractivity contribution in [2.45, 2.75) is 45.8 Å². The van der Waals surface area contributed by atoms with Crippen LogP contribution in [0.1, 0.15) is 39.2 Å². The van der Waals surface area contributed by atoms with Gasteiger partial charge in [-0.3, -0.25) is 4.79 Å². The summed E-state index contributed by atoms with van der Waals surface area (Å²) in [4.78, 5) is 26.5. The number of rotatable bonds is 3. The molecule has 0 atom stereocenters. The van der Waals surface area contributed by atoms with Crippen molar-refractivity contribution in [2.75, 3.05) is 13.2 Å². The van der Waals surface area contributed by atoms with Gasteiger partial charge in [0.25, 0.3) is 0 Å². The predicted molar refractivity (Wildman–Crippen MR) is 86.8 cm³/mol. The summed E-state index contributed by atoms with van der Waals surface area (Å²) < 4.78 is 10.7. The van der Waals surface area contributed by atoms with E-state index in [0.29, 0.717) is 26.1 Å². The molecule has 1 fully saturated rings. The highest BCUT2D eigenvalue weighted by Gasteiger charge is 2.33. The maximum Gasteiger partial charge on any atom is 0.417 e. The molecule has 1 saturated heterocycles. The van der Waals surface area contributed by atoms with Gasteiger partial charge in [-0.2, -0.15) is 0 Å². The topological polar surface area (TPSA) is 55.8 Å². The highest BCUT2D eigenvalue weighted by Crippen LogP contribution is 2.21. The molecule has 2 amide bonds. The molecule has 0 aromatic heterocycles. The lowest BCUT2D eigenvalue weighted by Crippen LogP contribution is -2.44. The predicted octanol–water partition coefficient (Wildman–Crippen LogP) is 3.38. The summed E-state index contributed by atoms with van der Waals surface area (Å²) in [7, 11) is 0. The molecule has 126 valence electrons. The molecule has 0 spiro atoms. The average molecular weight is 319 g/mol. The highest BCUT2D eigenvalue weighted by molar-refractivity contribution is 5.93. The number of benzene rings is 1. The minimum Gasteiger partial charge on any atom is -0.443 e. The Balaban J connectivity index is 2.16. The number of nitrogens with zero attached hydrogens (tertiary/aromatic N) is 1. The molecule has 0 radical (unpaired) electrons. The number of ether oxygens (including phenoxy) is 2. The van der Waals surface area contributed by atoms with E-state index >= 15 is 0 Å². The third kappa shape index (κ3) is 5.36. The number of carbonyl (C=O) groups excluding carboxylic acids is 2. The Morgan fingerprint density at radius 2 is 1.78 bits per heavy atom. The first-order valence-electron chi connectivity index (χ1n) is 8.03. The van der Waals surface area contributed by atoms with E-state index in [0.717, 1.165) is 5.56 Å². The van der Waals surface area contributed by atoms with Crippen LogP contribution in [0.4, 0.5) is 4.79 Å². The van der Waals surface area contributed by atoms with Crippen LogP contribution in [0.25, 0.3) is 0 Å². The fourth-order valence-corrected chi connectivity index (χ4v) is 2.48.